The van der Waals surface area contributed by atoms with Crippen LogP contribution in [-0.2, 0) is 10.2 Å². The maximum Gasteiger partial charge on any atom is 0.264 e. The molecule has 1 aliphatic rings. The summed E-state index contributed by atoms with van der Waals surface area (Å²) in [4.78, 5) is 14.2. The fraction of sp³-hybridized carbons (Fsp3) is 0.259. The quantitative estimate of drug-likeness (QED) is 0.515. The van der Waals surface area contributed by atoms with E-state index in [0.717, 1.165) is 11.1 Å². The maximum absolute atomic E-state index is 14.2. The van der Waals surface area contributed by atoms with Crippen molar-refractivity contribution in [3.8, 4) is 0 Å². The largest absolute Gasteiger partial charge is 0.392 e. The number of nitrogens with one attached hydrogen (secondary N) is 1. The Bertz CT molecular complexity index is 1070. The van der Waals surface area contributed by atoms with E-state index >= 15 is 0 Å². The Balaban J connectivity index is 0.00000306. The van der Waals surface area contributed by atoms with Gasteiger partial charge in [0.15, 0.2) is 0 Å². The van der Waals surface area contributed by atoms with Crippen LogP contribution in [0.1, 0.15) is 31.4 Å². The Morgan fingerprint density at radius 2 is 1.45 bits per heavy atom. The van der Waals surface area contributed by atoms with Crippen LogP contribution in [0.5, 0.6) is 0 Å². The monoisotopic (exact) mass is 463 g/mol. The van der Waals surface area contributed by atoms with E-state index in [9.17, 15) is 9.90 Å². The van der Waals surface area contributed by atoms with Gasteiger partial charge in [-0.3, -0.25) is 4.79 Å². The lowest BCUT2D eigenvalue weighted by Gasteiger charge is -2.32. The van der Waals surface area contributed by atoms with Crippen LogP contribution in [-0.4, -0.2) is 35.4 Å². The van der Waals surface area contributed by atoms with Gasteiger partial charge in [0.2, 0.25) is 0 Å². The van der Waals surface area contributed by atoms with Gasteiger partial charge >= 0.3 is 0 Å². The molecule has 3 aromatic rings. The maximum atomic E-state index is 14.2. The molecule has 2 unspecified atom stereocenters. The first-order chi connectivity index (χ1) is 15.5. The number of hydrazone groups is 1. The highest BCUT2D eigenvalue weighted by Crippen LogP contribution is 2.42. The number of aliphatic hydroxyl groups excluding tert-OH is 1. The van der Waals surface area contributed by atoms with Crippen molar-refractivity contribution in [2.24, 2.45) is 5.10 Å². The van der Waals surface area contributed by atoms with Crippen LogP contribution in [0.3, 0.4) is 0 Å². The number of hydrogen-bond acceptors (Lipinski definition) is 4. The van der Waals surface area contributed by atoms with E-state index in [1.54, 1.807) is 0 Å². The van der Waals surface area contributed by atoms with Crippen LogP contribution in [0.15, 0.2) is 96.1 Å². The SMILES string of the molecule is CC(C)NCC(O)CC1(c2ccccc2)C(=O)N(c2ccccc2)N=C1c1ccccc1.Cl. The predicted octanol–water partition coefficient (Wildman–Crippen LogP) is 4.55. The minimum absolute atomic E-state index is 0. The van der Waals surface area contributed by atoms with Gasteiger partial charge in [0.1, 0.15) is 5.41 Å². The Morgan fingerprint density at radius 3 is 2.03 bits per heavy atom. The molecule has 0 fully saturated rings. The Labute approximate surface area is 201 Å². The predicted molar refractivity (Wildman–Crippen MR) is 136 cm³/mol. The molecule has 4 rings (SSSR count). The molecule has 0 saturated carbocycles. The Morgan fingerprint density at radius 1 is 0.909 bits per heavy atom. The standard InChI is InChI=1S/C27H29N3O2.ClH/c1-20(2)28-19-24(31)18-27(22-14-8-4-9-15-22)25(21-12-6-3-7-13-21)29-30(26(27)32)23-16-10-5-11-17-23;/h3-17,20,24,28,31H,18-19H2,1-2H3;1H. The number of halogens is 1. The number of benzene rings is 3. The third-order valence-corrected chi connectivity index (χ3v) is 5.78. The zero-order valence-electron chi connectivity index (χ0n) is 18.9. The average Bonchev–Trinajstić information content (AvgIpc) is 3.12. The van der Waals surface area contributed by atoms with Gasteiger partial charge in [-0.15, -0.1) is 12.4 Å². The van der Waals surface area contributed by atoms with E-state index in [-0.39, 0.29) is 30.8 Å². The van der Waals surface area contributed by atoms with Crippen LogP contribution >= 0.6 is 12.4 Å². The molecule has 3 aromatic carbocycles. The van der Waals surface area contributed by atoms with Crippen molar-refractivity contribution in [1.82, 2.24) is 5.32 Å². The van der Waals surface area contributed by atoms with Crippen molar-refractivity contribution < 1.29 is 9.90 Å². The molecule has 172 valence electrons. The molecule has 0 aliphatic carbocycles. The number of nitrogens with zero attached hydrogens (tertiary/aromatic N) is 2. The number of aliphatic hydroxyl groups is 1. The molecule has 6 heteroatoms. The molecule has 1 aliphatic heterocycles. The Kier molecular flexibility index (Phi) is 8.03. The molecule has 2 atom stereocenters. The first-order valence-corrected chi connectivity index (χ1v) is 11.0. The molecular weight excluding hydrogens is 434 g/mol. The van der Waals surface area contributed by atoms with Gasteiger partial charge in [0.25, 0.3) is 5.91 Å². The Hall–Kier alpha value is -2.99. The second-order valence-electron chi connectivity index (χ2n) is 8.46. The highest BCUT2D eigenvalue weighted by Gasteiger charge is 2.54. The summed E-state index contributed by atoms with van der Waals surface area (Å²) in [5.74, 6) is -0.155. The molecule has 1 heterocycles. The van der Waals surface area contributed by atoms with Gasteiger partial charge in [-0.2, -0.15) is 10.1 Å². The number of amides is 1. The van der Waals surface area contributed by atoms with Crippen molar-refractivity contribution in [2.75, 3.05) is 11.6 Å². The molecular formula is C27H30ClN3O2. The summed E-state index contributed by atoms with van der Waals surface area (Å²) in [6.45, 7) is 4.47. The van der Waals surface area contributed by atoms with E-state index < -0.39 is 11.5 Å². The summed E-state index contributed by atoms with van der Waals surface area (Å²) in [6.07, 6.45) is -0.502. The lowest BCUT2D eigenvalue weighted by atomic mass is 9.70. The first-order valence-electron chi connectivity index (χ1n) is 11.0. The zero-order valence-corrected chi connectivity index (χ0v) is 19.7. The molecule has 0 spiro atoms. The number of hydrogen-bond donors (Lipinski definition) is 2. The van der Waals surface area contributed by atoms with Gasteiger partial charge < -0.3 is 10.4 Å². The molecule has 0 bridgehead atoms. The fourth-order valence-electron chi connectivity index (χ4n) is 4.24. The van der Waals surface area contributed by atoms with E-state index in [4.69, 9.17) is 5.10 Å². The lowest BCUT2D eigenvalue weighted by molar-refractivity contribution is -0.122. The van der Waals surface area contributed by atoms with Crippen LogP contribution in [0.4, 0.5) is 5.69 Å². The smallest absolute Gasteiger partial charge is 0.264 e. The van der Waals surface area contributed by atoms with Crippen molar-refractivity contribution in [3.05, 3.63) is 102 Å². The molecule has 1 amide bonds. The summed E-state index contributed by atoms with van der Waals surface area (Å²) in [7, 11) is 0. The fourth-order valence-corrected chi connectivity index (χ4v) is 4.24. The van der Waals surface area contributed by atoms with Crippen LogP contribution in [0, 0.1) is 0 Å². The van der Waals surface area contributed by atoms with E-state index in [0.29, 0.717) is 17.9 Å². The van der Waals surface area contributed by atoms with Gasteiger partial charge in [-0.25, -0.2) is 0 Å². The van der Waals surface area contributed by atoms with E-state index in [1.807, 2.05) is 105 Å². The summed E-state index contributed by atoms with van der Waals surface area (Å²) < 4.78 is 0. The summed E-state index contributed by atoms with van der Waals surface area (Å²) in [6, 6.07) is 29.2. The highest BCUT2D eigenvalue weighted by molar-refractivity contribution is 6.29. The third kappa shape index (κ3) is 5.01. The van der Waals surface area contributed by atoms with Crippen LogP contribution < -0.4 is 10.3 Å². The number of para-hydroxylation sites is 1. The number of anilines is 1. The zero-order chi connectivity index (χ0) is 22.6. The average molecular weight is 464 g/mol. The van der Waals surface area contributed by atoms with Crippen LogP contribution in [0.2, 0.25) is 0 Å². The second kappa shape index (κ2) is 10.8. The summed E-state index contributed by atoms with van der Waals surface area (Å²) >= 11 is 0. The number of carbonyl (C=O) groups excluding carboxylic acids is 1. The molecule has 0 radical (unpaired) electrons. The summed E-state index contributed by atoms with van der Waals surface area (Å²) in [5, 5.41) is 20.7. The number of rotatable bonds is 8. The van der Waals surface area contributed by atoms with Gasteiger partial charge in [-0.05, 0) is 29.7 Å². The second-order valence-corrected chi connectivity index (χ2v) is 8.46. The van der Waals surface area contributed by atoms with Gasteiger partial charge in [-0.1, -0.05) is 92.7 Å². The van der Waals surface area contributed by atoms with Gasteiger partial charge in [0, 0.05) is 12.6 Å². The topological polar surface area (TPSA) is 64.9 Å². The van der Waals surface area contributed by atoms with Crippen molar-refractivity contribution in [1.29, 1.82) is 0 Å². The lowest BCUT2D eigenvalue weighted by Crippen LogP contribution is -2.48. The van der Waals surface area contributed by atoms with E-state index in [2.05, 4.69) is 5.32 Å². The third-order valence-electron chi connectivity index (χ3n) is 5.78. The van der Waals surface area contributed by atoms with Crippen LogP contribution in [0.25, 0.3) is 0 Å². The van der Waals surface area contributed by atoms with Crippen molar-refractivity contribution in [2.45, 2.75) is 37.8 Å². The normalized spacial score (nSPS) is 18.7. The van der Waals surface area contributed by atoms with Crippen molar-refractivity contribution >= 4 is 29.7 Å². The molecule has 2 N–H and O–H groups in total. The van der Waals surface area contributed by atoms with E-state index in [1.165, 1.54) is 5.01 Å². The van der Waals surface area contributed by atoms with Gasteiger partial charge in [0.05, 0.1) is 17.5 Å². The number of carbonyl (C=O) groups is 1. The molecule has 0 saturated heterocycles. The highest BCUT2D eigenvalue weighted by atomic mass is 35.5. The molecule has 0 aromatic heterocycles. The molecule has 5 nitrogen and oxygen atoms in total. The molecule has 33 heavy (non-hydrogen) atoms. The first kappa shape index (κ1) is 24.6. The minimum Gasteiger partial charge on any atom is -0.392 e. The minimum atomic E-state index is -1.10. The summed E-state index contributed by atoms with van der Waals surface area (Å²) in [5.41, 5.74) is 1.96. The van der Waals surface area contributed by atoms with Crippen molar-refractivity contribution in [3.63, 3.8) is 0 Å².